The van der Waals surface area contributed by atoms with Crippen LogP contribution in [-0.4, -0.2) is 32.0 Å². The van der Waals surface area contributed by atoms with E-state index in [9.17, 15) is 4.79 Å². The van der Waals surface area contributed by atoms with Crippen LogP contribution in [0.5, 0.6) is 0 Å². The molecule has 1 rings (SSSR count). The highest BCUT2D eigenvalue weighted by Crippen LogP contribution is 2.03. The molecule has 4 nitrogen and oxygen atoms in total. The Labute approximate surface area is 72.2 Å². The Morgan fingerprint density at radius 1 is 1.75 bits per heavy atom. The highest BCUT2D eigenvalue weighted by Gasteiger charge is 2.17. The van der Waals surface area contributed by atoms with Gasteiger partial charge in [0.05, 0.1) is 19.3 Å². The van der Waals surface area contributed by atoms with E-state index >= 15 is 0 Å². The summed E-state index contributed by atoms with van der Waals surface area (Å²) in [5.74, 6) is 0. The molecule has 0 spiro atoms. The summed E-state index contributed by atoms with van der Waals surface area (Å²) in [6.07, 6.45) is 1.42. The number of carbonyl (C=O) groups is 1. The summed E-state index contributed by atoms with van der Waals surface area (Å²) in [5, 5.41) is 2.73. The molecule has 0 bridgehead atoms. The van der Waals surface area contributed by atoms with E-state index in [1.54, 1.807) is 0 Å². The van der Waals surface area contributed by atoms with Gasteiger partial charge in [-0.1, -0.05) is 6.92 Å². The van der Waals surface area contributed by atoms with Crippen molar-refractivity contribution >= 4 is 6.09 Å². The van der Waals surface area contributed by atoms with Crippen molar-refractivity contribution in [2.75, 3.05) is 19.8 Å². The third-order valence-corrected chi connectivity index (χ3v) is 1.69. The lowest BCUT2D eigenvalue weighted by Crippen LogP contribution is -2.35. The van der Waals surface area contributed by atoms with E-state index in [1.807, 2.05) is 6.92 Å². The molecule has 1 heterocycles. The van der Waals surface area contributed by atoms with Gasteiger partial charge >= 0.3 is 6.09 Å². The van der Waals surface area contributed by atoms with Gasteiger partial charge in [0.15, 0.2) is 0 Å². The van der Waals surface area contributed by atoms with Crippen LogP contribution in [0, 0.1) is 0 Å². The molecule has 4 heteroatoms. The Balaban J connectivity index is 2.08. The van der Waals surface area contributed by atoms with Crippen molar-refractivity contribution in [3.63, 3.8) is 0 Å². The molecule has 1 aliphatic rings. The lowest BCUT2D eigenvalue weighted by Gasteiger charge is -2.09. The minimum absolute atomic E-state index is 0.148. The molecule has 1 amide bonds. The van der Waals surface area contributed by atoms with Gasteiger partial charge in [-0.3, -0.25) is 0 Å². The Hall–Kier alpha value is -0.770. The lowest BCUT2D eigenvalue weighted by molar-refractivity contribution is 0.138. The summed E-state index contributed by atoms with van der Waals surface area (Å²) in [7, 11) is 0. The predicted octanol–water partition coefficient (Wildman–Crippen LogP) is 0.911. The molecule has 0 saturated carbocycles. The first kappa shape index (κ1) is 9.32. The van der Waals surface area contributed by atoms with E-state index < -0.39 is 0 Å². The van der Waals surface area contributed by atoms with Crippen molar-refractivity contribution < 1.29 is 14.3 Å². The first-order chi connectivity index (χ1) is 5.83. The molecule has 0 aromatic heterocycles. The molecule has 0 radical (unpaired) electrons. The van der Waals surface area contributed by atoms with Gasteiger partial charge in [0.2, 0.25) is 0 Å². The zero-order valence-electron chi connectivity index (χ0n) is 7.34. The van der Waals surface area contributed by atoms with E-state index in [2.05, 4.69) is 5.32 Å². The van der Waals surface area contributed by atoms with Gasteiger partial charge in [0.1, 0.15) is 0 Å². The van der Waals surface area contributed by atoms with Crippen LogP contribution in [0.4, 0.5) is 4.79 Å². The third kappa shape index (κ3) is 3.09. The van der Waals surface area contributed by atoms with E-state index in [-0.39, 0.29) is 12.1 Å². The average molecular weight is 173 g/mol. The fraction of sp³-hybridized carbons (Fsp3) is 0.875. The average Bonchev–Trinajstić information content (AvgIpc) is 2.53. The number of rotatable bonds is 3. The van der Waals surface area contributed by atoms with Crippen LogP contribution in [-0.2, 0) is 9.47 Å². The Morgan fingerprint density at radius 3 is 3.17 bits per heavy atom. The van der Waals surface area contributed by atoms with Gasteiger partial charge < -0.3 is 14.8 Å². The number of amides is 1. The lowest BCUT2D eigenvalue weighted by atomic mass is 10.3. The largest absolute Gasteiger partial charge is 0.450 e. The number of carbonyl (C=O) groups excluding carboxylic acids is 1. The fourth-order valence-electron chi connectivity index (χ4n) is 1.05. The molecule has 1 unspecified atom stereocenters. The molecule has 0 aromatic rings. The highest BCUT2D eigenvalue weighted by molar-refractivity contribution is 5.67. The van der Waals surface area contributed by atoms with E-state index in [4.69, 9.17) is 9.47 Å². The Kier molecular flexibility index (Phi) is 3.87. The van der Waals surface area contributed by atoms with E-state index in [0.717, 1.165) is 19.4 Å². The van der Waals surface area contributed by atoms with Crippen molar-refractivity contribution in [3.05, 3.63) is 0 Å². The van der Waals surface area contributed by atoms with Crippen LogP contribution in [0.3, 0.4) is 0 Å². The number of ether oxygens (including phenoxy) is 2. The van der Waals surface area contributed by atoms with Gasteiger partial charge in [-0.2, -0.15) is 0 Å². The topological polar surface area (TPSA) is 47.6 Å². The molecule has 1 aliphatic heterocycles. The standard InChI is InChI=1S/C8H15NO3/c1-2-4-12-8(10)9-7-3-5-11-6-7/h7H,2-6H2,1H3,(H,9,10). The first-order valence-electron chi connectivity index (χ1n) is 4.34. The van der Waals surface area contributed by atoms with Gasteiger partial charge in [0.25, 0.3) is 0 Å². The van der Waals surface area contributed by atoms with Gasteiger partial charge in [0, 0.05) is 6.61 Å². The van der Waals surface area contributed by atoms with Gasteiger partial charge in [-0.25, -0.2) is 4.79 Å². The molecule has 1 atom stereocenters. The molecule has 1 N–H and O–H groups in total. The number of nitrogens with one attached hydrogen (secondary N) is 1. The van der Waals surface area contributed by atoms with Crippen molar-refractivity contribution in [1.29, 1.82) is 0 Å². The summed E-state index contributed by atoms with van der Waals surface area (Å²) in [4.78, 5) is 11.0. The molecule has 0 aliphatic carbocycles. The summed E-state index contributed by atoms with van der Waals surface area (Å²) in [6, 6.07) is 0.148. The van der Waals surface area contributed by atoms with Gasteiger partial charge in [-0.05, 0) is 12.8 Å². The van der Waals surface area contributed by atoms with Crippen molar-refractivity contribution in [2.45, 2.75) is 25.8 Å². The number of hydrogen-bond donors (Lipinski definition) is 1. The minimum Gasteiger partial charge on any atom is -0.450 e. The Bertz CT molecular complexity index is 143. The highest BCUT2D eigenvalue weighted by atomic mass is 16.5. The second kappa shape index (κ2) is 4.98. The van der Waals surface area contributed by atoms with E-state index in [1.165, 1.54) is 0 Å². The normalized spacial score (nSPS) is 22.2. The van der Waals surface area contributed by atoms with Crippen molar-refractivity contribution in [1.82, 2.24) is 5.32 Å². The zero-order chi connectivity index (χ0) is 8.81. The second-order valence-corrected chi connectivity index (χ2v) is 2.84. The van der Waals surface area contributed by atoms with Crippen molar-refractivity contribution in [2.24, 2.45) is 0 Å². The molecule has 0 aromatic carbocycles. The smallest absolute Gasteiger partial charge is 0.407 e. The zero-order valence-corrected chi connectivity index (χ0v) is 7.34. The van der Waals surface area contributed by atoms with Crippen LogP contribution >= 0.6 is 0 Å². The summed E-state index contributed by atoms with van der Waals surface area (Å²) in [6.45, 7) is 3.80. The third-order valence-electron chi connectivity index (χ3n) is 1.69. The molecular weight excluding hydrogens is 158 g/mol. The molecule has 1 fully saturated rings. The van der Waals surface area contributed by atoms with Crippen LogP contribution in [0.2, 0.25) is 0 Å². The fourth-order valence-corrected chi connectivity index (χ4v) is 1.05. The maximum Gasteiger partial charge on any atom is 0.407 e. The number of alkyl carbamates (subject to hydrolysis) is 1. The number of hydrogen-bond acceptors (Lipinski definition) is 3. The van der Waals surface area contributed by atoms with Crippen LogP contribution in [0.1, 0.15) is 19.8 Å². The summed E-state index contributed by atoms with van der Waals surface area (Å²) < 4.78 is 9.94. The minimum atomic E-state index is -0.327. The van der Waals surface area contributed by atoms with Crippen LogP contribution < -0.4 is 5.32 Å². The predicted molar refractivity (Wildman–Crippen MR) is 44.0 cm³/mol. The SMILES string of the molecule is CCCOC(=O)NC1CCOC1. The summed E-state index contributed by atoms with van der Waals surface area (Å²) in [5.41, 5.74) is 0. The van der Waals surface area contributed by atoms with E-state index in [0.29, 0.717) is 13.2 Å². The Morgan fingerprint density at radius 2 is 2.58 bits per heavy atom. The molecule has 12 heavy (non-hydrogen) atoms. The maximum atomic E-state index is 11.0. The van der Waals surface area contributed by atoms with Crippen LogP contribution in [0.25, 0.3) is 0 Å². The monoisotopic (exact) mass is 173 g/mol. The van der Waals surface area contributed by atoms with Crippen molar-refractivity contribution in [3.8, 4) is 0 Å². The second-order valence-electron chi connectivity index (χ2n) is 2.84. The quantitative estimate of drug-likeness (QED) is 0.690. The molecule has 1 saturated heterocycles. The first-order valence-corrected chi connectivity index (χ1v) is 4.34. The molecule has 70 valence electrons. The summed E-state index contributed by atoms with van der Waals surface area (Å²) >= 11 is 0. The molecular formula is C8H15NO3. The maximum absolute atomic E-state index is 11.0. The van der Waals surface area contributed by atoms with Gasteiger partial charge in [-0.15, -0.1) is 0 Å². The van der Waals surface area contributed by atoms with Crippen LogP contribution in [0.15, 0.2) is 0 Å².